The Labute approximate surface area is 151 Å². The first-order valence-corrected chi connectivity index (χ1v) is 10.2. The van der Waals surface area contributed by atoms with E-state index in [9.17, 15) is 0 Å². The van der Waals surface area contributed by atoms with Crippen molar-refractivity contribution < 1.29 is 9.05 Å². The van der Waals surface area contributed by atoms with E-state index in [-0.39, 0.29) is 10.8 Å². The van der Waals surface area contributed by atoms with Crippen LogP contribution in [-0.4, -0.2) is 0 Å². The lowest BCUT2D eigenvalue weighted by molar-refractivity contribution is 0.506. The molecule has 0 radical (unpaired) electrons. The van der Waals surface area contributed by atoms with Gasteiger partial charge in [-0.25, -0.2) is 0 Å². The van der Waals surface area contributed by atoms with Crippen molar-refractivity contribution in [3.8, 4) is 11.5 Å². The van der Waals surface area contributed by atoms with Crippen molar-refractivity contribution in [2.75, 3.05) is 0 Å². The predicted octanol–water partition coefficient (Wildman–Crippen LogP) is 7.21. The molecule has 0 heterocycles. The van der Waals surface area contributed by atoms with E-state index in [1.54, 1.807) is 0 Å². The van der Waals surface area contributed by atoms with Gasteiger partial charge in [0.2, 0.25) is 0 Å². The largest absolute Gasteiger partial charge is 0.427 e. The third kappa shape index (κ3) is 5.40. The molecule has 0 bridgehead atoms. The molecule has 2 aromatic carbocycles. The van der Waals surface area contributed by atoms with Crippen LogP contribution in [0, 0.1) is 0 Å². The topological polar surface area (TPSA) is 18.5 Å². The Bertz CT molecular complexity index is 593. The first kappa shape index (κ1) is 19.1. The number of hydrogen-bond acceptors (Lipinski definition) is 2. The Hall–Kier alpha value is -1.24. The monoisotopic (exact) mass is 364 g/mol. The average molecular weight is 365 g/mol. The van der Waals surface area contributed by atoms with Gasteiger partial charge in [0.1, 0.15) is 11.5 Å². The van der Waals surface area contributed by atoms with Gasteiger partial charge in [-0.05, 0) is 57.5 Å². The molecule has 0 aliphatic carbocycles. The molecular formula is C20H26ClO2P. The zero-order valence-corrected chi connectivity index (χ0v) is 16.9. The molecule has 2 nitrogen and oxygen atoms in total. The van der Waals surface area contributed by atoms with Crippen molar-refractivity contribution in [3.05, 3.63) is 59.7 Å². The van der Waals surface area contributed by atoms with Crippen LogP contribution in [0.4, 0.5) is 0 Å². The van der Waals surface area contributed by atoms with Gasteiger partial charge in [0.25, 0.3) is 0 Å². The van der Waals surface area contributed by atoms with Crippen LogP contribution in [-0.2, 0) is 10.8 Å². The molecule has 0 unspecified atom stereocenters. The first-order chi connectivity index (χ1) is 11.1. The van der Waals surface area contributed by atoms with Crippen molar-refractivity contribution in [2.45, 2.75) is 52.4 Å². The minimum absolute atomic E-state index is 0.121. The zero-order chi connectivity index (χ0) is 18.0. The van der Waals surface area contributed by atoms with Crippen molar-refractivity contribution in [2.24, 2.45) is 0 Å². The molecule has 2 rings (SSSR count). The molecular weight excluding hydrogens is 339 g/mol. The second-order valence-electron chi connectivity index (χ2n) is 7.94. The molecule has 0 spiro atoms. The summed E-state index contributed by atoms with van der Waals surface area (Å²) >= 11 is 6.23. The molecule has 0 fully saturated rings. The van der Waals surface area contributed by atoms with Crippen LogP contribution in [0.5, 0.6) is 11.5 Å². The lowest BCUT2D eigenvalue weighted by Crippen LogP contribution is -2.10. The molecule has 4 heteroatoms. The Morgan fingerprint density at radius 3 is 1.17 bits per heavy atom. The van der Waals surface area contributed by atoms with Gasteiger partial charge in [-0.1, -0.05) is 65.8 Å². The summed E-state index contributed by atoms with van der Waals surface area (Å²) in [6.45, 7) is 13.1. The van der Waals surface area contributed by atoms with Crippen LogP contribution in [0.1, 0.15) is 52.7 Å². The summed E-state index contributed by atoms with van der Waals surface area (Å²) in [5, 5.41) is 0. The van der Waals surface area contributed by atoms with E-state index < -0.39 is 7.73 Å². The fourth-order valence-corrected chi connectivity index (χ4v) is 3.31. The lowest BCUT2D eigenvalue weighted by Gasteiger charge is -2.20. The fraction of sp³-hybridized carbons (Fsp3) is 0.400. The molecule has 0 aliphatic heterocycles. The Morgan fingerprint density at radius 2 is 0.917 bits per heavy atom. The molecule has 2 aromatic rings. The number of benzene rings is 2. The van der Waals surface area contributed by atoms with Crippen molar-refractivity contribution in [1.82, 2.24) is 0 Å². The van der Waals surface area contributed by atoms with Crippen molar-refractivity contribution >= 4 is 19.0 Å². The lowest BCUT2D eigenvalue weighted by atomic mass is 9.87. The molecule has 0 aromatic heterocycles. The molecule has 0 amide bonds. The van der Waals surface area contributed by atoms with Crippen LogP contribution < -0.4 is 9.05 Å². The molecule has 0 saturated carbocycles. The van der Waals surface area contributed by atoms with Crippen LogP contribution in [0.3, 0.4) is 0 Å². The average Bonchev–Trinajstić information content (AvgIpc) is 2.46. The molecule has 0 N–H and O–H groups in total. The Kier molecular flexibility index (Phi) is 5.83. The summed E-state index contributed by atoms with van der Waals surface area (Å²) in [6.07, 6.45) is 0. The molecule has 130 valence electrons. The molecule has 0 atom stereocenters. The molecule has 0 aliphatic rings. The standard InChI is InChI=1S/C20H26ClO2P/c1-19(2,3)15-7-11-17(12-8-15)22-24(21)23-18-13-9-16(10-14-18)20(4,5)6/h7-14H,1-6H3. The van der Waals surface area contributed by atoms with Crippen molar-refractivity contribution in [3.63, 3.8) is 0 Å². The highest BCUT2D eigenvalue weighted by Crippen LogP contribution is 2.45. The summed E-state index contributed by atoms with van der Waals surface area (Å²) < 4.78 is 11.4. The quantitative estimate of drug-likeness (QED) is 0.534. The zero-order valence-electron chi connectivity index (χ0n) is 15.3. The maximum Gasteiger partial charge on any atom is 0.401 e. The fourth-order valence-electron chi connectivity index (χ4n) is 2.22. The summed E-state index contributed by atoms with van der Waals surface area (Å²) in [5.41, 5.74) is 2.75. The normalized spacial score (nSPS) is 12.3. The third-order valence-electron chi connectivity index (χ3n) is 3.80. The number of rotatable bonds is 4. The van der Waals surface area contributed by atoms with E-state index in [1.165, 1.54) is 11.1 Å². The summed E-state index contributed by atoms with van der Waals surface area (Å²) in [6, 6.07) is 16.0. The smallest absolute Gasteiger partial charge is 0.401 e. The maximum atomic E-state index is 6.23. The van der Waals surface area contributed by atoms with Crippen LogP contribution in [0.25, 0.3) is 0 Å². The Balaban J connectivity index is 1.97. The highest BCUT2D eigenvalue weighted by Gasteiger charge is 2.16. The summed E-state index contributed by atoms with van der Waals surface area (Å²) in [5.74, 6) is 1.44. The highest BCUT2D eigenvalue weighted by molar-refractivity contribution is 7.76. The van der Waals surface area contributed by atoms with E-state index in [2.05, 4.69) is 65.8 Å². The van der Waals surface area contributed by atoms with Gasteiger partial charge >= 0.3 is 7.73 Å². The number of halogens is 1. The molecule has 0 saturated heterocycles. The molecule has 24 heavy (non-hydrogen) atoms. The summed E-state index contributed by atoms with van der Waals surface area (Å²) in [4.78, 5) is 0. The Morgan fingerprint density at radius 1 is 0.625 bits per heavy atom. The van der Waals surface area contributed by atoms with Gasteiger partial charge in [-0.3, -0.25) is 0 Å². The predicted molar refractivity (Wildman–Crippen MR) is 104 cm³/mol. The first-order valence-electron chi connectivity index (χ1n) is 8.09. The third-order valence-corrected chi connectivity index (χ3v) is 4.92. The minimum Gasteiger partial charge on any atom is -0.427 e. The van der Waals surface area contributed by atoms with E-state index in [1.807, 2.05) is 24.3 Å². The maximum absolute atomic E-state index is 6.23. The van der Waals surface area contributed by atoms with E-state index in [4.69, 9.17) is 20.3 Å². The highest BCUT2D eigenvalue weighted by atomic mass is 35.7. The van der Waals surface area contributed by atoms with Gasteiger partial charge in [0.05, 0.1) is 0 Å². The van der Waals surface area contributed by atoms with Gasteiger partial charge in [0, 0.05) is 0 Å². The SMILES string of the molecule is CC(C)(C)c1ccc(OP(Cl)Oc2ccc(C(C)(C)C)cc2)cc1. The second kappa shape index (κ2) is 7.33. The summed E-state index contributed by atoms with van der Waals surface area (Å²) in [7, 11) is -1.54. The van der Waals surface area contributed by atoms with E-state index in [0.29, 0.717) is 0 Å². The van der Waals surface area contributed by atoms with Gasteiger partial charge < -0.3 is 9.05 Å². The van der Waals surface area contributed by atoms with Gasteiger partial charge in [-0.15, -0.1) is 0 Å². The van der Waals surface area contributed by atoms with Crippen LogP contribution in [0.2, 0.25) is 0 Å². The van der Waals surface area contributed by atoms with Crippen LogP contribution in [0.15, 0.2) is 48.5 Å². The number of hydrogen-bond donors (Lipinski definition) is 0. The second-order valence-corrected chi connectivity index (χ2v) is 9.56. The van der Waals surface area contributed by atoms with E-state index in [0.717, 1.165) is 11.5 Å². The van der Waals surface area contributed by atoms with Crippen molar-refractivity contribution in [1.29, 1.82) is 0 Å². The van der Waals surface area contributed by atoms with Gasteiger partial charge in [0.15, 0.2) is 0 Å². The van der Waals surface area contributed by atoms with Gasteiger partial charge in [-0.2, -0.15) is 0 Å². The minimum atomic E-state index is -1.54. The van der Waals surface area contributed by atoms with Crippen LogP contribution >= 0.6 is 19.0 Å². The van der Waals surface area contributed by atoms with E-state index >= 15 is 0 Å².